The maximum Gasteiger partial charge on any atom is 0.213 e. The predicted molar refractivity (Wildman–Crippen MR) is 64.0 cm³/mol. The Morgan fingerprint density at radius 3 is 2.94 bits per heavy atom. The number of rotatable bonds is 5. The first kappa shape index (κ1) is 12.1. The smallest absolute Gasteiger partial charge is 0.213 e. The number of nitrogens with zero attached hydrogens (tertiary/aromatic N) is 3. The number of hydrogen-bond donors (Lipinski definition) is 0. The summed E-state index contributed by atoms with van der Waals surface area (Å²) in [5, 5.41) is 12.4. The Kier molecular flexibility index (Phi) is 3.92. The molecule has 0 aliphatic carbocycles. The van der Waals surface area contributed by atoms with Gasteiger partial charge < -0.3 is 9.26 Å². The molecule has 0 aliphatic heterocycles. The third-order valence-electron chi connectivity index (χ3n) is 2.36. The van der Waals surface area contributed by atoms with E-state index in [1.165, 1.54) is 6.20 Å². The van der Waals surface area contributed by atoms with E-state index in [-0.39, 0.29) is 0 Å². The Balaban J connectivity index is 1.73. The van der Waals surface area contributed by atoms with Crippen molar-refractivity contribution in [3.63, 3.8) is 0 Å². The van der Waals surface area contributed by atoms with Gasteiger partial charge in [-0.05, 0) is 19.4 Å². The second kappa shape index (κ2) is 5.82. The average molecular weight is 243 g/mol. The van der Waals surface area contributed by atoms with Crippen LogP contribution in [0.3, 0.4) is 0 Å². The highest BCUT2D eigenvalue weighted by Gasteiger charge is 2.01. The minimum absolute atomic E-state index is 0.527. The van der Waals surface area contributed by atoms with E-state index in [0.29, 0.717) is 18.1 Å². The molecule has 0 bridgehead atoms. The lowest BCUT2D eigenvalue weighted by molar-refractivity contribution is 0.290. The van der Waals surface area contributed by atoms with Gasteiger partial charge in [-0.3, -0.25) is 0 Å². The lowest BCUT2D eigenvalue weighted by Gasteiger charge is -2.03. The molecular formula is C13H13N3O2. The normalized spacial score (nSPS) is 10.0. The Bertz CT molecular complexity index is 540. The summed E-state index contributed by atoms with van der Waals surface area (Å²) in [5.41, 5.74) is 1.42. The monoisotopic (exact) mass is 243 g/mol. The minimum atomic E-state index is 0.527. The number of pyridine rings is 1. The van der Waals surface area contributed by atoms with Gasteiger partial charge in [0.25, 0.3) is 0 Å². The van der Waals surface area contributed by atoms with Crippen LogP contribution in [-0.4, -0.2) is 16.7 Å². The highest BCUT2D eigenvalue weighted by atomic mass is 16.5. The van der Waals surface area contributed by atoms with Crippen molar-refractivity contribution >= 4 is 0 Å². The van der Waals surface area contributed by atoms with Gasteiger partial charge >= 0.3 is 0 Å². The van der Waals surface area contributed by atoms with Gasteiger partial charge in [-0.15, -0.1) is 0 Å². The number of aryl methyl sites for hydroxylation is 2. The van der Waals surface area contributed by atoms with Gasteiger partial charge in [-0.2, -0.15) is 5.26 Å². The SMILES string of the molecule is Cc1cc(CCCOc2ccc(C#N)cn2)on1. The first-order valence-corrected chi connectivity index (χ1v) is 5.69. The summed E-state index contributed by atoms with van der Waals surface area (Å²) in [6.45, 7) is 2.45. The fourth-order valence-corrected chi connectivity index (χ4v) is 1.49. The second-order valence-corrected chi connectivity index (χ2v) is 3.88. The molecule has 92 valence electrons. The van der Waals surface area contributed by atoms with Crippen molar-refractivity contribution in [1.29, 1.82) is 5.26 Å². The topological polar surface area (TPSA) is 71.9 Å². The van der Waals surface area contributed by atoms with Crippen LogP contribution in [0, 0.1) is 18.3 Å². The molecule has 0 spiro atoms. The largest absolute Gasteiger partial charge is 0.478 e. The van der Waals surface area contributed by atoms with Gasteiger partial charge in [0.15, 0.2) is 0 Å². The summed E-state index contributed by atoms with van der Waals surface area (Å²) >= 11 is 0. The summed E-state index contributed by atoms with van der Waals surface area (Å²) in [6.07, 6.45) is 3.11. The molecule has 0 fully saturated rings. The first-order valence-electron chi connectivity index (χ1n) is 5.69. The molecule has 0 aliphatic rings. The van der Waals surface area contributed by atoms with Crippen molar-refractivity contribution in [3.8, 4) is 11.9 Å². The Hall–Kier alpha value is -2.35. The Morgan fingerprint density at radius 1 is 1.44 bits per heavy atom. The maximum absolute atomic E-state index is 8.62. The molecule has 18 heavy (non-hydrogen) atoms. The van der Waals surface area contributed by atoms with E-state index in [9.17, 15) is 0 Å². The summed E-state index contributed by atoms with van der Waals surface area (Å²) < 4.78 is 10.5. The predicted octanol–water partition coefficient (Wildman–Crippen LogP) is 2.26. The zero-order chi connectivity index (χ0) is 12.8. The Labute approximate surface area is 105 Å². The quantitative estimate of drug-likeness (QED) is 0.753. The van der Waals surface area contributed by atoms with Crippen LogP contribution < -0.4 is 4.74 Å². The molecule has 0 N–H and O–H groups in total. The maximum atomic E-state index is 8.62. The molecule has 5 heteroatoms. The molecule has 0 radical (unpaired) electrons. The van der Waals surface area contributed by atoms with Gasteiger partial charge in [0.05, 0.1) is 17.9 Å². The van der Waals surface area contributed by atoms with Crippen molar-refractivity contribution in [2.24, 2.45) is 0 Å². The van der Waals surface area contributed by atoms with Crippen molar-refractivity contribution in [2.75, 3.05) is 6.61 Å². The van der Waals surface area contributed by atoms with Gasteiger partial charge in [0, 0.05) is 24.8 Å². The highest BCUT2D eigenvalue weighted by molar-refractivity contribution is 5.28. The Morgan fingerprint density at radius 2 is 2.33 bits per heavy atom. The molecule has 2 rings (SSSR count). The van der Waals surface area contributed by atoms with E-state index in [2.05, 4.69) is 10.1 Å². The van der Waals surface area contributed by atoms with Crippen molar-refractivity contribution in [2.45, 2.75) is 19.8 Å². The summed E-state index contributed by atoms with van der Waals surface area (Å²) in [4.78, 5) is 4.02. The van der Waals surface area contributed by atoms with E-state index >= 15 is 0 Å². The third kappa shape index (κ3) is 3.32. The molecule has 2 aromatic rings. The van der Waals surface area contributed by atoms with Crippen LogP contribution in [0.25, 0.3) is 0 Å². The molecule has 0 unspecified atom stereocenters. The number of hydrogen-bond acceptors (Lipinski definition) is 5. The van der Waals surface area contributed by atoms with Gasteiger partial charge in [-0.1, -0.05) is 5.16 Å². The lowest BCUT2D eigenvalue weighted by atomic mass is 10.2. The van der Waals surface area contributed by atoms with Gasteiger partial charge in [0.1, 0.15) is 11.8 Å². The summed E-state index contributed by atoms with van der Waals surface area (Å²) in [7, 11) is 0. The lowest BCUT2D eigenvalue weighted by Crippen LogP contribution is -2.00. The molecule has 0 amide bonds. The molecule has 0 aromatic carbocycles. The zero-order valence-corrected chi connectivity index (χ0v) is 10.1. The molecule has 5 nitrogen and oxygen atoms in total. The standard InChI is InChI=1S/C13H13N3O2/c1-10-7-12(18-16-10)3-2-6-17-13-5-4-11(8-14)9-15-13/h4-5,7,9H,2-3,6H2,1H3. The summed E-state index contributed by atoms with van der Waals surface area (Å²) in [6, 6.07) is 7.30. The molecule has 0 atom stereocenters. The zero-order valence-electron chi connectivity index (χ0n) is 10.1. The number of nitriles is 1. The molecule has 0 saturated heterocycles. The number of aromatic nitrogens is 2. The minimum Gasteiger partial charge on any atom is -0.478 e. The fourth-order valence-electron chi connectivity index (χ4n) is 1.49. The van der Waals surface area contributed by atoms with E-state index < -0.39 is 0 Å². The van der Waals surface area contributed by atoms with Crippen LogP contribution in [0.2, 0.25) is 0 Å². The molecule has 2 aromatic heterocycles. The van der Waals surface area contributed by atoms with Gasteiger partial charge in [0.2, 0.25) is 5.88 Å². The van der Waals surface area contributed by atoms with Crippen LogP contribution in [0.1, 0.15) is 23.4 Å². The van der Waals surface area contributed by atoms with Crippen molar-refractivity contribution < 1.29 is 9.26 Å². The van der Waals surface area contributed by atoms with Gasteiger partial charge in [-0.25, -0.2) is 4.98 Å². The van der Waals surface area contributed by atoms with Crippen LogP contribution in [0.5, 0.6) is 5.88 Å². The van der Waals surface area contributed by atoms with Crippen LogP contribution in [0.4, 0.5) is 0 Å². The molecule has 0 saturated carbocycles. The van der Waals surface area contributed by atoms with E-state index in [1.54, 1.807) is 12.1 Å². The first-order chi connectivity index (χ1) is 8.78. The van der Waals surface area contributed by atoms with Crippen LogP contribution in [0.15, 0.2) is 28.9 Å². The van der Waals surface area contributed by atoms with Crippen molar-refractivity contribution in [1.82, 2.24) is 10.1 Å². The van der Waals surface area contributed by atoms with Crippen LogP contribution >= 0.6 is 0 Å². The molecule has 2 heterocycles. The number of ether oxygens (including phenoxy) is 1. The van der Waals surface area contributed by atoms with E-state index in [4.69, 9.17) is 14.5 Å². The molecular weight excluding hydrogens is 230 g/mol. The average Bonchev–Trinajstić information content (AvgIpc) is 2.81. The van der Waals surface area contributed by atoms with Crippen molar-refractivity contribution in [3.05, 3.63) is 41.4 Å². The fraction of sp³-hybridized carbons (Fsp3) is 0.308. The van der Waals surface area contributed by atoms with Crippen LogP contribution in [-0.2, 0) is 6.42 Å². The third-order valence-corrected chi connectivity index (χ3v) is 2.36. The van der Waals surface area contributed by atoms with E-state index in [1.807, 2.05) is 19.1 Å². The van der Waals surface area contributed by atoms with E-state index in [0.717, 1.165) is 24.3 Å². The highest BCUT2D eigenvalue weighted by Crippen LogP contribution is 2.09. The second-order valence-electron chi connectivity index (χ2n) is 3.88. The summed E-state index contributed by atoms with van der Waals surface area (Å²) in [5.74, 6) is 1.40.